The van der Waals surface area contributed by atoms with Crippen LogP contribution in [0.1, 0.15) is 11.1 Å². The van der Waals surface area contributed by atoms with E-state index in [1.54, 1.807) is 18.3 Å². The van der Waals surface area contributed by atoms with Crippen molar-refractivity contribution in [1.82, 2.24) is 10.2 Å². The van der Waals surface area contributed by atoms with E-state index in [1.165, 1.54) is 6.07 Å². The first kappa shape index (κ1) is 11.5. The van der Waals surface area contributed by atoms with Gasteiger partial charge in [-0.25, -0.2) is 4.39 Å². The van der Waals surface area contributed by atoms with Gasteiger partial charge in [0.15, 0.2) is 0 Å². The minimum absolute atomic E-state index is 0.162. The second-order valence-electron chi connectivity index (χ2n) is 3.89. The molecule has 0 spiro atoms. The third-order valence-electron chi connectivity index (χ3n) is 2.45. The zero-order valence-corrected chi connectivity index (χ0v) is 9.65. The van der Waals surface area contributed by atoms with Crippen LogP contribution in [0.4, 0.5) is 10.2 Å². The molecule has 0 saturated heterocycles. The van der Waals surface area contributed by atoms with E-state index in [1.807, 2.05) is 19.1 Å². The molecule has 0 aliphatic carbocycles. The molecule has 0 unspecified atom stereocenters. The first-order chi connectivity index (χ1) is 8.25. The monoisotopic (exact) mass is 231 g/mol. The molecule has 1 heterocycles. The largest absolute Gasteiger partial charge is 0.368 e. The van der Waals surface area contributed by atoms with E-state index in [0.717, 1.165) is 11.4 Å². The van der Waals surface area contributed by atoms with Gasteiger partial charge < -0.3 is 5.32 Å². The van der Waals surface area contributed by atoms with Gasteiger partial charge in [0.1, 0.15) is 11.6 Å². The maximum atomic E-state index is 13.3. The van der Waals surface area contributed by atoms with E-state index in [4.69, 9.17) is 0 Å². The molecule has 0 aliphatic heterocycles. The van der Waals surface area contributed by atoms with Crippen molar-refractivity contribution >= 4 is 5.82 Å². The molecule has 4 heteroatoms. The van der Waals surface area contributed by atoms with Gasteiger partial charge in [-0.3, -0.25) is 0 Å². The van der Waals surface area contributed by atoms with E-state index < -0.39 is 0 Å². The van der Waals surface area contributed by atoms with Gasteiger partial charge in [0, 0.05) is 6.54 Å². The lowest BCUT2D eigenvalue weighted by Gasteiger charge is -2.06. The number of halogens is 1. The van der Waals surface area contributed by atoms with Crippen LogP contribution in [-0.2, 0) is 6.42 Å². The Morgan fingerprint density at radius 1 is 1.29 bits per heavy atom. The fraction of sp³-hybridized carbons (Fsp3) is 0.231. The fourth-order valence-corrected chi connectivity index (χ4v) is 1.58. The van der Waals surface area contributed by atoms with E-state index >= 15 is 0 Å². The van der Waals surface area contributed by atoms with Gasteiger partial charge in [-0.1, -0.05) is 18.2 Å². The Kier molecular flexibility index (Phi) is 3.65. The molecule has 0 bridgehead atoms. The smallest absolute Gasteiger partial charge is 0.148 e. The molecule has 0 saturated carbocycles. The first-order valence-electron chi connectivity index (χ1n) is 5.52. The van der Waals surface area contributed by atoms with Gasteiger partial charge >= 0.3 is 0 Å². The normalized spacial score (nSPS) is 10.2. The summed E-state index contributed by atoms with van der Waals surface area (Å²) in [6.07, 6.45) is 2.32. The summed E-state index contributed by atoms with van der Waals surface area (Å²) in [4.78, 5) is 0. The Bertz CT molecular complexity index is 500. The Morgan fingerprint density at radius 2 is 2.12 bits per heavy atom. The minimum atomic E-state index is -0.162. The van der Waals surface area contributed by atoms with Crippen LogP contribution in [0.25, 0.3) is 0 Å². The molecule has 1 aromatic carbocycles. The summed E-state index contributed by atoms with van der Waals surface area (Å²) < 4.78 is 13.3. The van der Waals surface area contributed by atoms with Gasteiger partial charge in [-0.15, -0.1) is 5.10 Å². The molecule has 2 aromatic rings. The highest BCUT2D eigenvalue weighted by Gasteiger charge is 2.00. The predicted molar refractivity (Wildman–Crippen MR) is 65.4 cm³/mol. The average molecular weight is 231 g/mol. The van der Waals surface area contributed by atoms with Crippen LogP contribution < -0.4 is 5.32 Å². The second-order valence-corrected chi connectivity index (χ2v) is 3.89. The molecule has 1 N–H and O–H groups in total. The Hall–Kier alpha value is -1.97. The number of aryl methyl sites for hydroxylation is 1. The molecule has 0 amide bonds. The summed E-state index contributed by atoms with van der Waals surface area (Å²) in [6.45, 7) is 2.59. The Labute approximate surface area is 99.7 Å². The average Bonchev–Trinajstić information content (AvgIpc) is 2.32. The molecule has 17 heavy (non-hydrogen) atoms. The number of aromatic nitrogens is 2. The Morgan fingerprint density at radius 3 is 2.88 bits per heavy atom. The first-order valence-corrected chi connectivity index (χ1v) is 5.52. The maximum absolute atomic E-state index is 13.3. The molecule has 2 rings (SSSR count). The van der Waals surface area contributed by atoms with Gasteiger partial charge in [-0.05, 0) is 36.6 Å². The van der Waals surface area contributed by atoms with E-state index in [-0.39, 0.29) is 5.82 Å². The summed E-state index contributed by atoms with van der Waals surface area (Å²) >= 11 is 0. The van der Waals surface area contributed by atoms with Crippen LogP contribution in [0.3, 0.4) is 0 Å². The highest BCUT2D eigenvalue weighted by molar-refractivity contribution is 5.35. The van der Waals surface area contributed by atoms with Crippen LogP contribution in [0.5, 0.6) is 0 Å². The van der Waals surface area contributed by atoms with Crippen LogP contribution >= 0.6 is 0 Å². The quantitative estimate of drug-likeness (QED) is 0.878. The van der Waals surface area contributed by atoms with Crippen molar-refractivity contribution in [3.63, 3.8) is 0 Å². The standard InChI is InChI=1S/C13H14FN3/c1-10-8-13(17-16-9-10)15-7-6-11-4-2-3-5-12(11)14/h2-5,8-9H,6-7H2,1H3,(H,15,17). The molecule has 88 valence electrons. The molecular weight excluding hydrogens is 217 g/mol. The lowest BCUT2D eigenvalue weighted by molar-refractivity contribution is 0.610. The van der Waals surface area contributed by atoms with E-state index in [2.05, 4.69) is 15.5 Å². The SMILES string of the molecule is Cc1cnnc(NCCc2ccccc2F)c1. The number of nitrogens with one attached hydrogen (secondary N) is 1. The number of benzene rings is 1. The maximum Gasteiger partial charge on any atom is 0.148 e. The number of anilines is 1. The van der Waals surface area contributed by atoms with Crippen LogP contribution in [-0.4, -0.2) is 16.7 Å². The van der Waals surface area contributed by atoms with Crippen molar-refractivity contribution in [3.05, 3.63) is 53.5 Å². The van der Waals surface area contributed by atoms with Crippen molar-refractivity contribution < 1.29 is 4.39 Å². The molecule has 0 aliphatic rings. The molecule has 3 nitrogen and oxygen atoms in total. The third kappa shape index (κ3) is 3.24. The van der Waals surface area contributed by atoms with Crippen molar-refractivity contribution in [1.29, 1.82) is 0 Å². The molecule has 0 atom stereocenters. The lowest BCUT2D eigenvalue weighted by atomic mass is 10.1. The number of rotatable bonds is 4. The fourth-order valence-electron chi connectivity index (χ4n) is 1.58. The topological polar surface area (TPSA) is 37.8 Å². The van der Waals surface area contributed by atoms with Gasteiger partial charge in [-0.2, -0.15) is 5.10 Å². The van der Waals surface area contributed by atoms with Gasteiger partial charge in [0.05, 0.1) is 6.20 Å². The Balaban J connectivity index is 1.90. The minimum Gasteiger partial charge on any atom is -0.368 e. The zero-order valence-electron chi connectivity index (χ0n) is 9.65. The summed E-state index contributed by atoms with van der Waals surface area (Å²) in [7, 11) is 0. The third-order valence-corrected chi connectivity index (χ3v) is 2.45. The second kappa shape index (κ2) is 5.39. The van der Waals surface area contributed by atoms with Crippen LogP contribution in [0.2, 0.25) is 0 Å². The van der Waals surface area contributed by atoms with Crippen LogP contribution in [0, 0.1) is 12.7 Å². The molecule has 0 fully saturated rings. The zero-order chi connectivity index (χ0) is 12.1. The van der Waals surface area contributed by atoms with E-state index in [0.29, 0.717) is 18.5 Å². The predicted octanol–water partition coefficient (Wildman–Crippen LogP) is 2.58. The summed E-state index contributed by atoms with van der Waals surface area (Å²) in [6, 6.07) is 8.71. The van der Waals surface area contributed by atoms with Crippen LogP contribution in [0.15, 0.2) is 36.5 Å². The number of hydrogen-bond acceptors (Lipinski definition) is 3. The summed E-state index contributed by atoms with van der Waals surface area (Å²) in [5.74, 6) is 0.561. The summed E-state index contributed by atoms with van der Waals surface area (Å²) in [5, 5.41) is 10.9. The van der Waals surface area contributed by atoms with Crippen molar-refractivity contribution in [2.45, 2.75) is 13.3 Å². The lowest BCUT2D eigenvalue weighted by Crippen LogP contribution is -2.08. The summed E-state index contributed by atoms with van der Waals surface area (Å²) in [5.41, 5.74) is 1.76. The highest BCUT2D eigenvalue weighted by Crippen LogP contribution is 2.08. The van der Waals surface area contributed by atoms with E-state index in [9.17, 15) is 4.39 Å². The molecule has 0 radical (unpaired) electrons. The van der Waals surface area contributed by atoms with Gasteiger partial charge in [0.2, 0.25) is 0 Å². The van der Waals surface area contributed by atoms with Crippen molar-refractivity contribution in [3.8, 4) is 0 Å². The number of hydrogen-bond donors (Lipinski definition) is 1. The van der Waals surface area contributed by atoms with Crippen molar-refractivity contribution in [2.24, 2.45) is 0 Å². The number of nitrogens with zero attached hydrogens (tertiary/aromatic N) is 2. The van der Waals surface area contributed by atoms with Gasteiger partial charge in [0.25, 0.3) is 0 Å². The molecule has 1 aromatic heterocycles. The molecular formula is C13H14FN3. The highest BCUT2D eigenvalue weighted by atomic mass is 19.1. The van der Waals surface area contributed by atoms with Crippen molar-refractivity contribution in [2.75, 3.05) is 11.9 Å².